The number of ether oxygens (including phenoxy) is 1. The fourth-order valence-electron chi connectivity index (χ4n) is 1.27. The number of nitrogens with zero attached hydrogens (tertiary/aromatic N) is 1. The minimum Gasteiger partial charge on any atom is -0.466 e. The van der Waals surface area contributed by atoms with Crippen molar-refractivity contribution in [2.75, 3.05) is 33.8 Å². The molecule has 0 bridgehead atoms. The number of rotatable bonds is 7. The van der Waals surface area contributed by atoms with Crippen LogP contribution < -0.4 is 5.32 Å². The Morgan fingerprint density at radius 2 is 2.14 bits per heavy atom. The lowest BCUT2D eigenvalue weighted by Crippen LogP contribution is -2.36. The molecule has 0 saturated carbocycles. The van der Waals surface area contributed by atoms with E-state index in [-0.39, 0.29) is 5.97 Å². The zero-order valence-corrected chi connectivity index (χ0v) is 9.67. The molecule has 0 heterocycles. The normalized spacial score (nSPS) is 12.9. The highest BCUT2D eigenvalue weighted by atomic mass is 16.5. The maximum absolute atomic E-state index is 11.0. The molecule has 1 N–H and O–H groups in total. The average Bonchev–Trinajstić information content (AvgIpc) is 2.02. The van der Waals surface area contributed by atoms with Crippen LogP contribution in [0.25, 0.3) is 0 Å². The van der Waals surface area contributed by atoms with Crippen LogP contribution in [-0.2, 0) is 9.53 Å². The van der Waals surface area contributed by atoms with Crippen LogP contribution in [0.5, 0.6) is 0 Å². The third kappa shape index (κ3) is 8.01. The van der Waals surface area contributed by atoms with Gasteiger partial charge in [-0.2, -0.15) is 0 Å². The number of hydrogen-bond donors (Lipinski definition) is 1. The van der Waals surface area contributed by atoms with Crippen molar-refractivity contribution in [2.24, 2.45) is 0 Å². The van der Waals surface area contributed by atoms with Gasteiger partial charge in [-0.15, -0.1) is 0 Å². The van der Waals surface area contributed by atoms with E-state index in [1.54, 1.807) is 0 Å². The summed E-state index contributed by atoms with van der Waals surface area (Å²) in [6, 6.07) is 0.402. The van der Waals surface area contributed by atoms with Gasteiger partial charge < -0.3 is 15.0 Å². The molecule has 0 aliphatic rings. The van der Waals surface area contributed by atoms with Gasteiger partial charge in [-0.3, -0.25) is 4.79 Å². The van der Waals surface area contributed by atoms with Crippen LogP contribution in [0.15, 0.2) is 0 Å². The molecule has 0 saturated heterocycles. The first kappa shape index (κ1) is 13.4. The smallest absolute Gasteiger partial charge is 0.307 e. The summed E-state index contributed by atoms with van der Waals surface area (Å²) in [5.74, 6) is -0.128. The highest BCUT2D eigenvalue weighted by molar-refractivity contribution is 5.69. The molecule has 0 fully saturated rings. The molecule has 84 valence electrons. The SMILES string of the molecule is CCOC(=O)CCNC(C)CN(C)C. The molecule has 0 aromatic heterocycles. The van der Waals surface area contributed by atoms with E-state index >= 15 is 0 Å². The third-order valence-electron chi connectivity index (χ3n) is 1.77. The van der Waals surface area contributed by atoms with E-state index in [1.807, 2.05) is 21.0 Å². The van der Waals surface area contributed by atoms with Crippen LogP contribution in [0.3, 0.4) is 0 Å². The molecule has 0 spiro atoms. The van der Waals surface area contributed by atoms with Crippen molar-refractivity contribution in [3.63, 3.8) is 0 Å². The van der Waals surface area contributed by atoms with Crippen molar-refractivity contribution < 1.29 is 9.53 Å². The number of carbonyl (C=O) groups is 1. The van der Waals surface area contributed by atoms with Gasteiger partial charge in [-0.05, 0) is 27.9 Å². The Morgan fingerprint density at radius 3 is 2.64 bits per heavy atom. The van der Waals surface area contributed by atoms with Gasteiger partial charge in [0.25, 0.3) is 0 Å². The Morgan fingerprint density at radius 1 is 1.50 bits per heavy atom. The topological polar surface area (TPSA) is 41.6 Å². The number of nitrogens with one attached hydrogen (secondary N) is 1. The summed E-state index contributed by atoms with van der Waals surface area (Å²) < 4.78 is 4.82. The van der Waals surface area contributed by atoms with Gasteiger partial charge in [0.05, 0.1) is 13.0 Å². The molecular weight excluding hydrogens is 180 g/mol. The third-order valence-corrected chi connectivity index (χ3v) is 1.77. The molecule has 0 radical (unpaired) electrons. The van der Waals surface area contributed by atoms with Crippen LogP contribution in [0.4, 0.5) is 0 Å². The number of likely N-dealkylation sites (N-methyl/N-ethyl adjacent to an activating group) is 1. The van der Waals surface area contributed by atoms with Crippen molar-refractivity contribution in [1.29, 1.82) is 0 Å². The Bertz CT molecular complexity index is 160. The van der Waals surface area contributed by atoms with Crippen LogP contribution >= 0.6 is 0 Å². The molecule has 0 aromatic carbocycles. The standard InChI is InChI=1S/C10H22N2O2/c1-5-14-10(13)6-7-11-9(2)8-12(3)4/h9,11H,5-8H2,1-4H3. The van der Waals surface area contributed by atoms with Gasteiger partial charge in [-0.25, -0.2) is 0 Å². The van der Waals surface area contributed by atoms with Crippen LogP contribution in [0.2, 0.25) is 0 Å². The largest absolute Gasteiger partial charge is 0.466 e. The second-order valence-electron chi connectivity index (χ2n) is 3.67. The molecule has 0 aliphatic heterocycles. The first-order valence-corrected chi connectivity index (χ1v) is 5.10. The molecule has 4 heteroatoms. The summed E-state index contributed by atoms with van der Waals surface area (Å²) in [6.07, 6.45) is 0.450. The fraction of sp³-hybridized carbons (Fsp3) is 0.900. The number of carbonyl (C=O) groups excluding carboxylic acids is 1. The molecule has 0 aliphatic carbocycles. The molecule has 4 nitrogen and oxygen atoms in total. The number of esters is 1. The second-order valence-corrected chi connectivity index (χ2v) is 3.67. The van der Waals surface area contributed by atoms with Crippen molar-refractivity contribution in [2.45, 2.75) is 26.3 Å². The molecule has 14 heavy (non-hydrogen) atoms. The van der Waals surface area contributed by atoms with E-state index in [4.69, 9.17) is 4.74 Å². The zero-order valence-electron chi connectivity index (χ0n) is 9.67. The van der Waals surface area contributed by atoms with Gasteiger partial charge >= 0.3 is 5.97 Å². The average molecular weight is 202 g/mol. The first-order chi connectivity index (χ1) is 6.56. The van der Waals surface area contributed by atoms with Crippen molar-refractivity contribution in [3.8, 4) is 0 Å². The van der Waals surface area contributed by atoms with Gasteiger partial charge in [0.15, 0.2) is 0 Å². The van der Waals surface area contributed by atoms with E-state index in [2.05, 4.69) is 17.1 Å². The minimum absolute atomic E-state index is 0.128. The van der Waals surface area contributed by atoms with E-state index in [0.29, 0.717) is 25.6 Å². The highest BCUT2D eigenvalue weighted by Crippen LogP contribution is 1.88. The van der Waals surface area contributed by atoms with Gasteiger partial charge in [0.2, 0.25) is 0 Å². The monoisotopic (exact) mass is 202 g/mol. The zero-order chi connectivity index (χ0) is 11.0. The Balaban J connectivity index is 3.39. The summed E-state index contributed by atoms with van der Waals surface area (Å²) in [4.78, 5) is 13.1. The summed E-state index contributed by atoms with van der Waals surface area (Å²) in [7, 11) is 4.06. The molecule has 1 atom stereocenters. The lowest BCUT2D eigenvalue weighted by molar-refractivity contribution is -0.142. The Labute approximate surface area is 86.6 Å². The van der Waals surface area contributed by atoms with Crippen LogP contribution in [0.1, 0.15) is 20.3 Å². The predicted molar refractivity (Wildman–Crippen MR) is 57.3 cm³/mol. The van der Waals surface area contributed by atoms with Crippen molar-refractivity contribution >= 4 is 5.97 Å². The van der Waals surface area contributed by atoms with E-state index < -0.39 is 0 Å². The Hall–Kier alpha value is -0.610. The van der Waals surface area contributed by atoms with Crippen molar-refractivity contribution in [1.82, 2.24) is 10.2 Å². The van der Waals surface area contributed by atoms with Crippen LogP contribution in [-0.4, -0.2) is 50.7 Å². The molecular formula is C10H22N2O2. The molecule has 0 amide bonds. The lowest BCUT2D eigenvalue weighted by atomic mass is 10.3. The van der Waals surface area contributed by atoms with Gasteiger partial charge in [0, 0.05) is 19.1 Å². The van der Waals surface area contributed by atoms with Gasteiger partial charge in [0.1, 0.15) is 0 Å². The summed E-state index contributed by atoms with van der Waals surface area (Å²) in [6.45, 7) is 6.05. The lowest BCUT2D eigenvalue weighted by Gasteiger charge is -2.17. The van der Waals surface area contributed by atoms with E-state index in [1.165, 1.54) is 0 Å². The van der Waals surface area contributed by atoms with Crippen LogP contribution in [0, 0.1) is 0 Å². The highest BCUT2D eigenvalue weighted by Gasteiger charge is 2.04. The maximum atomic E-state index is 11.0. The van der Waals surface area contributed by atoms with E-state index in [0.717, 1.165) is 6.54 Å². The molecule has 0 rings (SSSR count). The van der Waals surface area contributed by atoms with E-state index in [9.17, 15) is 4.79 Å². The number of hydrogen-bond acceptors (Lipinski definition) is 4. The summed E-state index contributed by atoms with van der Waals surface area (Å²) >= 11 is 0. The molecule has 1 unspecified atom stereocenters. The fourth-order valence-corrected chi connectivity index (χ4v) is 1.27. The van der Waals surface area contributed by atoms with Gasteiger partial charge in [-0.1, -0.05) is 0 Å². The van der Waals surface area contributed by atoms with Crippen molar-refractivity contribution in [3.05, 3.63) is 0 Å². The summed E-state index contributed by atoms with van der Waals surface area (Å²) in [5.41, 5.74) is 0. The predicted octanol–water partition coefficient (Wildman–Crippen LogP) is 0.479. The maximum Gasteiger partial charge on any atom is 0.307 e. The molecule has 0 aromatic rings. The Kier molecular flexibility index (Phi) is 7.42. The first-order valence-electron chi connectivity index (χ1n) is 5.10. The quantitative estimate of drug-likeness (QED) is 0.610. The summed E-state index contributed by atoms with van der Waals surface area (Å²) in [5, 5.41) is 3.26. The minimum atomic E-state index is -0.128. The second kappa shape index (κ2) is 7.76.